The highest BCUT2D eigenvalue weighted by molar-refractivity contribution is 7.46. The van der Waals surface area contributed by atoms with Crippen LogP contribution in [0.15, 0.2) is 11.6 Å². The van der Waals surface area contributed by atoms with E-state index in [2.05, 4.69) is 38.3 Å². The number of hydrogen-bond donors (Lipinski definition) is 7. The molecular weight excluding hydrogens is 739 g/mol. The first kappa shape index (κ1) is 41.2. The molecule has 7 N–H and O–H groups in total. The van der Waals surface area contributed by atoms with Crippen molar-refractivity contribution in [1.82, 2.24) is 0 Å². The van der Waals surface area contributed by atoms with E-state index in [1.807, 2.05) is 0 Å². The van der Waals surface area contributed by atoms with E-state index in [-0.39, 0.29) is 23.0 Å². The maximum absolute atomic E-state index is 11.5. The summed E-state index contributed by atoms with van der Waals surface area (Å²) in [5.41, 5.74) is 1.50. The molecule has 4 aliphatic carbocycles. The number of allylic oxidation sites excluding steroid dienone is 1. The minimum atomic E-state index is -4.94. The molecule has 4 heterocycles. The van der Waals surface area contributed by atoms with Crippen LogP contribution in [0.5, 0.6) is 0 Å². The lowest BCUT2D eigenvalue weighted by Crippen LogP contribution is -2.64. The molecule has 4 aliphatic heterocycles. The largest absolute Gasteiger partial charge is 0.469 e. The summed E-state index contributed by atoms with van der Waals surface area (Å²) >= 11 is 0. The zero-order valence-electron chi connectivity index (χ0n) is 32.6. The van der Waals surface area contributed by atoms with Gasteiger partial charge < -0.3 is 63.7 Å². The van der Waals surface area contributed by atoms with Crippen molar-refractivity contribution >= 4 is 7.82 Å². The Morgan fingerprint density at radius 2 is 1.62 bits per heavy atom. The standard InChI is InChI=1S/C39H63O15P/c1-18-8-13-39(48-16-18)19(2)28-26(54-39)15-25-23-7-6-21-14-22(9-11-37(21,4)24(23)10-12-38(25,28)5)51-36-34(53-35-33(44)31(42)29(40)20(3)50-35)32(43)30(41)27(52-36)17-49-55(45,46)47/h6,18-20,22-36,40-44H,7-17H2,1-5H3,(H2,45,46,47)/t18-,19+,20?,22+,23-,24+,25+,26+,27?,28+,29+,30-,31?,32?,33?,34?,35+,36-,37+,38+,39-/m1/s1. The van der Waals surface area contributed by atoms with Crippen molar-refractivity contribution in [3.63, 3.8) is 0 Å². The first-order valence-corrected chi connectivity index (χ1v) is 22.1. The van der Waals surface area contributed by atoms with Gasteiger partial charge in [-0.25, -0.2) is 4.57 Å². The number of aliphatic hydroxyl groups excluding tert-OH is 5. The van der Waals surface area contributed by atoms with E-state index in [1.165, 1.54) is 12.5 Å². The first-order chi connectivity index (χ1) is 25.8. The molecule has 21 atom stereocenters. The third-order valence-electron chi connectivity index (χ3n) is 15.8. The average molecular weight is 803 g/mol. The number of ether oxygens (including phenoxy) is 6. The molecule has 0 aromatic rings. The lowest BCUT2D eigenvalue weighted by molar-refractivity contribution is -0.369. The molecule has 8 aliphatic rings. The van der Waals surface area contributed by atoms with Gasteiger partial charge in [0.15, 0.2) is 18.4 Å². The highest BCUT2D eigenvalue weighted by Gasteiger charge is 2.69. The fraction of sp³-hybridized carbons (Fsp3) is 0.949. The highest BCUT2D eigenvalue weighted by Crippen LogP contribution is 2.70. The molecular formula is C39H63O15P. The quantitative estimate of drug-likeness (QED) is 0.145. The Morgan fingerprint density at radius 1 is 0.855 bits per heavy atom. The summed E-state index contributed by atoms with van der Waals surface area (Å²) in [6.07, 6.45) is -3.90. The summed E-state index contributed by atoms with van der Waals surface area (Å²) < 4.78 is 53.7. The minimum absolute atomic E-state index is 0.0237. The summed E-state index contributed by atoms with van der Waals surface area (Å²) in [5.74, 6) is 2.62. The summed E-state index contributed by atoms with van der Waals surface area (Å²) in [6, 6.07) is 0. The van der Waals surface area contributed by atoms with Gasteiger partial charge in [0.25, 0.3) is 0 Å². The van der Waals surface area contributed by atoms with Crippen LogP contribution in [0.4, 0.5) is 0 Å². The van der Waals surface area contributed by atoms with Gasteiger partial charge in [0.2, 0.25) is 0 Å². The van der Waals surface area contributed by atoms with Gasteiger partial charge in [-0.05, 0) is 98.7 Å². The zero-order valence-corrected chi connectivity index (χ0v) is 33.5. The molecule has 0 aromatic carbocycles. The predicted molar refractivity (Wildman–Crippen MR) is 192 cm³/mol. The Kier molecular flexibility index (Phi) is 11.1. The Balaban J connectivity index is 0.976. The van der Waals surface area contributed by atoms with Gasteiger partial charge in [-0.1, -0.05) is 39.3 Å². The molecule has 7 fully saturated rings. The fourth-order valence-electron chi connectivity index (χ4n) is 12.7. The molecule has 1 spiro atoms. The molecule has 314 valence electrons. The summed E-state index contributed by atoms with van der Waals surface area (Å²) in [6.45, 7) is 11.1. The van der Waals surface area contributed by atoms with Crippen molar-refractivity contribution in [2.75, 3.05) is 13.2 Å². The van der Waals surface area contributed by atoms with E-state index in [4.69, 9.17) is 28.4 Å². The minimum Gasteiger partial charge on any atom is -0.388 e. The van der Waals surface area contributed by atoms with Crippen molar-refractivity contribution in [1.29, 1.82) is 0 Å². The number of hydrogen-bond acceptors (Lipinski definition) is 13. The lowest BCUT2D eigenvalue weighted by Gasteiger charge is -2.58. The van der Waals surface area contributed by atoms with E-state index >= 15 is 0 Å². The van der Waals surface area contributed by atoms with E-state index in [0.29, 0.717) is 48.3 Å². The predicted octanol–water partition coefficient (Wildman–Crippen LogP) is 2.51. The van der Waals surface area contributed by atoms with Crippen molar-refractivity contribution in [3.8, 4) is 0 Å². The fourth-order valence-corrected chi connectivity index (χ4v) is 13.0. The summed E-state index contributed by atoms with van der Waals surface area (Å²) in [4.78, 5) is 18.6. The molecule has 55 heavy (non-hydrogen) atoms. The second-order valence-corrected chi connectivity index (χ2v) is 20.1. The molecule has 4 saturated heterocycles. The molecule has 15 nitrogen and oxygen atoms in total. The Labute approximate surface area is 323 Å². The monoisotopic (exact) mass is 802 g/mol. The van der Waals surface area contributed by atoms with Gasteiger partial charge in [0.1, 0.15) is 42.7 Å². The zero-order chi connectivity index (χ0) is 39.4. The number of phosphoric acid groups is 1. The van der Waals surface area contributed by atoms with Gasteiger partial charge in [0.05, 0.1) is 31.5 Å². The molecule has 8 rings (SSSR count). The van der Waals surface area contributed by atoms with Gasteiger partial charge in [-0.3, -0.25) is 4.52 Å². The second-order valence-electron chi connectivity index (χ2n) is 18.9. The van der Waals surface area contributed by atoms with Crippen molar-refractivity contribution in [3.05, 3.63) is 11.6 Å². The molecule has 0 radical (unpaired) electrons. The number of rotatable bonds is 7. The Bertz CT molecular complexity index is 1480. The topological polar surface area (TPSA) is 223 Å². The average Bonchev–Trinajstić information content (AvgIpc) is 3.58. The Hall–Kier alpha value is -0.590. The SMILES string of the molecule is CC1O[C@@H](OC2C(O)[C@H](O)C(COP(=O)(O)O)O[C@H]2O[C@H]2CC[C@@]3(C)C(=CC[C@H]4[C@@H]5C[C@@H]6O[C@]7(CC[C@@H](C)CO7)[C@@H](C)[C@@H]6[C@@]5(C)CC[C@@H]43)C2)C(O)C(O)[C@H]1O. The van der Waals surface area contributed by atoms with E-state index in [9.17, 15) is 39.9 Å². The molecule has 3 saturated carbocycles. The van der Waals surface area contributed by atoms with Gasteiger partial charge >= 0.3 is 7.82 Å². The maximum atomic E-state index is 11.5. The molecule has 16 heteroatoms. The van der Waals surface area contributed by atoms with Crippen LogP contribution in [-0.2, 0) is 37.5 Å². The lowest BCUT2D eigenvalue weighted by atomic mass is 9.47. The Morgan fingerprint density at radius 3 is 2.33 bits per heavy atom. The van der Waals surface area contributed by atoms with Crippen LogP contribution in [0.3, 0.4) is 0 Å². The molecule has 0 amide bonds. The van der Waals surface area contributed by atoms with Crippen LogP contribution >= 0.6 is 7.82 Å². The van der Waals surface area contributed by atoms with E-state index in [0.717, 1.165) is 51.6 Å². The van der Waals surface area contributed by atoms with E-state index < -0.39 is 81.6 Å². The van der Waals surface area contributed by atoms with Crippen LogP contribution in [-0.4, -0.2) is 128 Å². The summed E-state index contributed by atoms with van der Waals surface area (Å²) in [5, 5.41) is 53.5. The number of aliphatic hydroxyl groups is 5. The van der Waals surface area contributed by atoms with Crippen molar-refractivity contribution in [2.24, 2.45) is 46.3 Å². The van der Waals surface area contributed by atoms with Crippen LogP contribution in [0, 0.1) is 46.3 Å². The normalized spacial score (nSPS) is 55.3. The van der Waals surface area contributed by atoms with Crippen LogP contribution in [0.1, 0.15) is 92.4 Å². The third-order valence-corrected chi connectivity index (χ3v) is 16.3. The number of phosphoric ester groups is 1. The third kappa shape index (κ3) is 7.06. The molecule has 6 unspecified atom stereocenters. The first-order valence-electron chi connectivity index (χ1n) is 20.6. The van der Waals surface area contributed by atoms with Gasteiger partial charge in [-0.15, -0.1) is 0 Å². The number of fused-ring (bicyclic) bond motifs is 7. The molecule has 0 bridgehead atoms. The van der Waals surface area contributed by atoms with Gasteiger partial charge in [-0.2, -0.15) is 0 Å². The summed E-state index contributed by atoms with van der Waals surface area (Å²) in [7, 11) is -4.94. The maximum Gasteiger partial charge on any atom is 0.469 e. The van der Waals surface area contributed by atoms with Crippen molar-refractivity contribution in [2.45, 2.75) is 172 Å². The molecule has 0 aromatic heterocycles. The van der Waals surface area contributed by atoms with Gasteiger partial charge in [0, 0.05) is 12.3 Å². The van der Waals surface area contributed by atoms with Crippen LogP contribution in [0.2, 0.25) is 0 Å². The smallest absolute Gasteiger partial charge is 0.388 e. The van der Waals surface area contributed by atoms with Crippen LogP contribution in [0.25, 0.3) is 0 Å². The second kappa shape index (κ2) is 14.8. The van der Waals surface area contributed by atoms with E-state index in [1.54, 1.807) is 0 Å². The van der Waals surface area contributed by atoms with Crippen molar-refractivity contribution < 1.29 is 72.8 Å². The van der Waals surface area contributed by atoms with Crippen LogP contribution < -0.4 is 0 Å². The highest BCUT2D eigenvalue weighted by atomic mass is 31.2.